The fourth-order valence-electron chi connectivity index (χ4n) is 3.37. The van der Waals surface area contributed by atoms with Crippen LogP contribution in [0.3, 0.4) is 0 Å². The SMILES string of the molecule is COC(=O)C1(Cc2cc(OC)c(OC)cc2[N+](=O)[O-])CC(c2ccc(C)cc2)=NO1. The number of carbonyl (C=O) groups is 1. The van der Waals surface area contributed by atoms with Gasteiger partial charge in [0.1, 0.15) is 0 Å². The summed E-state index contributed by atoms with van der Waals surface area (Å²) >= 11 is 0. The molecule has 1 atom stereocenters. The number of nitro groups is 1. The van der Waals surface area contributed by atoms with Crippen LogP contribution in [0.5, 0.6) is 11.5 Å². The number of oxime groups is 1. The summed E-state index contributed by atoms with van der Waals surface area (Å²) in [6, 6.07) is 10.3. The van der Waals surface area contributed by atoms with E-state index in [2.05, 4.69) is 5.16 Å². The molecular formula is C21H22N2O7. The summed E-state index contributed by atoms with van der Waals surface area (Å²) < 4.78 is 15.4. The lowest BCUT2D eigenvalue weighted by atomic mass is 9.87. The molecule has 1 aliphatic heterocycles. The molecule has 2 aromatic rings. The summed E-state index contributed by atoms with van der Waals surface area (Å²) in [5, 5.41) is 15.7. The van der Waals surface area contributed by atoms with Crippen molar-refractivity contribution in [1.29, 1.82) is 0 Å². The average molecular weight is 414 g/mol. The quantitative estimate of drug-likeness (QED) is 0.389. The van der Waals surface area contributed by atoms with Crippen molar-refractivity contribution in [3.63, 3.8) is 0 Å². The monoisotopic (exact) mass is 414 g/mol. The minimum Gasteiger partial charge on any atom is -0.493 e. The van der Waals surface area contributed by atoms with Crippen LogP contribution < -0.4 is 9.47 Å². The first-order valence-corrected chi connectivity index (χ1v) is 9.13. The largest absolute Gasteiger partial charge is 0.493 e. The number of methoxy groups -OCH3 is 3. The van der Waals surface area contributed by atoms with E-state index in [1.54, 1.807) is 0 Å². The molecule has 0 aromatic heterocycles. The van der Waals surface area contributed by atoms with E-state index in [1.165, 1.54) is 33.5 Å². The van der Waals surface area contributed by atoms with Gasteiger partial charge in [-0.15, -0.1) is 0 Å². The molecule has 3 rings (SSSR count). The number of rotatable bonds is 7. The van der Waals surface area contributed by atoms with Crippen molar-refractivity contribution < 1.29 is 28.8 Å². The number of benzene rings is 2. The van der Waals surface area contributed by atoms with Gasteiger partial charge in [0.15, 0.2) is 11.5 Å². The first-order chi connectivity index (χ1) is 14.3. The number of esters is 1. The number of nitro benzene ring substituents is 1. The highest BCUT2D eigenvalue weighted by atomic mass is 16.7. The second-order valence-corrected chi connectivity index (χ2v) is 6.93. The van der Waals surface area contributed by atoms with Crippen molar-refractivity contribution in [2.45, 2.75) is 25.4 Å². The number of hydrogen-bond acceptors (Lipinski definition) is 8. The molecule has 0 saturated carbocycles. The van der Waals surface area contributed by atoms with Crippen LogP contribution in [0.1, 0.15) is 23.1 Å². The lowest BCUT2D eigenvalue weighted by molar-refractivity contribution is -0.385. The summed E-state index contributed by atoms with van der Waals surface area (Å²) in [6.07, 6.45) is -0.0244. The molecule has 0 amide bonds. The van der Waals surface area contributed by atoms with E-state index < -0.39 is 16.5 Å². The van der Waals surface area contributed by atoms with E-state index in [0.717, 1.165) is 11.1 Å². The average Bonchev–Trinajstić information content (AvgIpc) is 3.18. The Kier molecular flexibility index (Phi) is 5.91. The molecule has 9 heteroatoms. The Hall–Kier alpha value is -3.62. The van der Waals surface area contributed by atoms with Gasteiger partial charge in [-0.2, -0.15) is 0 Å². The van der Waals surface area contributed by atoms with Crippen LogP contribution in [0, 0.1) is 17.0 Å². The molecule has 1 aliphatic rings. The lowest BCUT2D eigenvalue weighted by Crippen LogP contribution is -2.42. The summed E-state index contributed by atoms with van der Waals surface area (Å²) in [5.74, 6) is -0.155. The third-order valence-electron chi connectivity index (χ3n) is 4.98. The Morgan fingerprint density at radius 3 is 2.37 bits per heavy atom. The van der Waals surface area contributed by atoms with Gasteiger partial charge in [0.2, 0.25) is 5.60 Å². The smallest absolute Gasteiger partial charge is 0.353 e. The highest BCUT2D eigenvalue weighted by molar-refractivity contribution is 6.04. The molecule has 0 bridgehead atoms. The van der Waals surface area contributed by atoms with Crippen LogP contribution in [-0.2, 0) is 20.8 Å². The van der Waals surface area contributed by atoms with E-state index in [1.807, 2.05) is 31.2 Å². The first-order valence-electron chi connectivity index (χ1n) is 9.13. The highest BCUT2D eigenvalue weighted by Crippen LogP contribution is 2.39. The van der Waals surface area contributed by atoms with Crippen LogP contribution >= 0.6 is 0 Å². The normalized spacial score (nSPS) is 17.7. The number of aryl methyl sites for hydroxylation is 1. The van der Waals surface area contributed by atoms with Gasteiger partial charge in [0.25, 0.3) is 5.69 Å². The Morgan fingerprint density at radius 1 is 1.17 bits per heavy atom. The third kappa shape index (κ3) is 3.91. The van der Waals surface area contributed by atoms with Crippen LogP contribution in [0.4, 0.5) is 5.69 Å². The molecule has 0 aliphatic carbocycles. The second-order valence-electron chi connectivity index (χ2n) is 6.93. The maximum Gasteiger partial charge on any atom is 0.353 e. The number of carbonyl (C=O) groups excluding carboxylic acids is 1. The van der Waals surface area contributed by atoms with Gasteiger partial charge in [0.05, 0.1) is 38.0 Å². The standard InChI is InChI=1S/C21H22N2O7/c1-13-5-7-14(8-6-13)16-12-21(30-22-16,20(24)29-4)11-15-9-18(27-2)19(28-3)10-17(15)23(25)26/h5-10H,11-12H2,1-4H3. The Bertz CT molecular complexity index is 1000. The Labute approximate surface area is 173 Å². The number of ether oxygens (including phenoxy) is 3. The first kappa shape index (κ1) is 21.1. The fraction of sp³-hybridized carbons (Fsp3) is 0.333. The predicted molar refractivity (Wildman–Crippen MR) is 108 cm³/mol. The van der Waals surface area contributed by atoms with Crippen LogP contribution in [-0.4, -0.2) is 43.5 Å². The van der Waals surface area contributed by atoms with Crippen molar-refractivity contribution in [2.24, 2.45) is 5.16 Å². The second kappa shape index (κ2) is 8.40. The molecule has 0 N–H and O–H groups in total. The van der Waals surface area contributed by atoms with E-state index in [9.17, 15) is 14.9 Å². The van der Waals surface area contributed by atoms with Gasteiger partial charge < -0.3 is 19.0 Å². The maximum atomic E-state index is 12.7. The maximum absolute atomic E-state index is 12.7. The Balaban J connectivity index is 2.00. The highest BCUT2D eigenvalue weighted by Gasteiger charge is 2.49. The van der Waals surface area contributed by atoms with Crippen molar-refractivity contribution >= 4 is 17.4 Å². The van der Waals surface area contributed by atoms with Gasteiger partial charge in [-0.05, 0) is 18.6 Å². The zero-order chi connectivity index (χ0) is 21.9. The number of nitrogens with zero attached hydrogens (tertiary/aromatic N) is 2. The van der Waals surface area contributed by atoms with Crippen LogP contribution in [0.25, 0.3) is 0 Å². The predicted octanol–water partition coefficient (Wildman–Crippen LogP) is 3.20. The Morgan fingerprint density at radius 2 is 1.80 bits per heavy atom. The molecule has 0 saturated heterocycles. The third-order valence-corrected chi connectivity index (χ3v) is 4.98. The van der Waals surface area contributed by atoms with Gasteiger partial charge in [0, 0.05) is 18.4 Å². The van der Waals surface area contributed by atoms with Gasteiger partial charge in [-0.3, -0.25) is 10.1 Å². The zero-order valence-corrected chi connectivity index (χ0v) is 17.1. The van der Waals surface area contributed by atoms with Gasteiger partial charge in [-0.1, -0.05) is 35.0 Å². The van der Waals surface area contributed by atoms with Crippen molar-refractivity contribution in [3.8, 4) is 11.5 Å². The summed E-state index contributed by atoms with van der Waals surface area (Å²) in [5.41, 5.74) is 0.932. The molecule has 0 spiro atoms. The molecule has 9 nitrogen and oxygen atoms in total. The van der Waals surface area contributed by atoms with Gasteiger partial charge in [-0.25, -0.2) is 4.79 Å². The molecule has 1 unspecified atom stereocenters. The lowest BCUT2D eigenvalue weighted by Gasteiger charge is -2.24. The van der Waals surface area contributed by atoms with E-state index >= 15 is 0 Å². The van der Waals surface area contributed by atoms with Gasteiger partial charge >= 0.3 is 5.97 Å². The van der Waals surface area contributed by atoms with Crippen molar-refractivity contribution in [3.05, 3.63) is 63.2 Å². The minimum absolute atomic E-state index is 0.105. The molecule has 2 aromatic carbocycles. The molecule has 0 fully saturated rings. The zero-order valence-electron chi connectivity index (χ0n) is 17.1. The molecule has 158 valence electrons. The van der Waals surface area contributed by atoms with E-state index in [0.29, 0.717) is 11.5 Å². The summed E-state index contributed by atoms with van der Waals surface area (Å²) in [7, 11) is 4.05. The molecule has 30 heavy (non-hydrogen) atoms. The number of hydrogen-bond donors (Lipinski definition) is 0. The molecule has 0 radical (unpaired) electrons. The van der Waals surface area contributed by atoms with Crippen molar-refractivity contribution in [1.82, 2.24) is 0 Å². The topological polar surface area (TPSA) is 109 Å². The molecule has 1 heterocycles. The van der Waals surface area contributed by atoms with Crippen LogP contribution in [0.15, 0.2) is 41.6 Å². The fourth-order valence-corrected chi connectivity index (χ4v) is 3.37. The molecular weight excluding hydrogens is 392 g/mol. The van der Waals surface area contributed by atoms with E-state index in [4.69, 9.17) is 19.0 Å². The minimum atomic E-state index is -1.53. The van der Waals surface area contributed by atoms with Crippen LogP contribution in [0.2, 0.25) is 0 Å². The summed E-state index contributed by atoms with van der Waals surface area (Å²) in [4.78, 5) is 29.4. The van der Waals surface area contributed by atoms with Crippen molar-refractivity contribution in [2.75, 3.05) is 21.3 Å². The van der Waals surface area contributed by atoms with E-state index in [-0.39, 0.29) is 29.8 Å². The summed E-state index contributed by atoms with van der Waals surface area (Å²) in [6.45, 7) is 1.96.